The van der Waals surface area contributed by atoms with Gasteiger partial charge in [-0.15, -0.1) is 0 Å². The quantitative estimate of drug-likeness (QED) is 0.625. The van der Waals surface area contributed by atoms with Gasteiger partial charge in [0.25, 0.3) is 0 Å². The number of allylic oxidation sites excluding steroid dienone is 4. The van der Waals surface area contributed by atoms with E-state index in [1.54, 1.807) is 6.08 Å². The van der Waals surface area contributed by atoms with E-state index in [0.29, 0.717) is 0 Å². The lowest BCUT2D eigenvalue weighted by molar-refractivity contribution is 1.12. The highest BCUT2D eigenvalue weighted by molar-refractivity contribution is 5.31. The van der Waals surface area contributed by atoms with Gasteiger partial charge in [-0.05, 0) is 29.5 Å². The van der Waals surface area contributed by atoms with E-state index >= 15 is 0 Å². The van der Waals surface area contributed by atoms with Gasteiger partial charge >= 0.3 is 0 Å². The van der Waals surface area contributed by atoms with Crippen LogP contribution in [0.25, 0.3) is 0 Å². The van der Waals surface area contributed by atoms with Crippen LogP contribution in [0.1, 0.15) is 18.1 Å². The number of benzene rings is 1. The van der Waals surface area contributed by atoms with Crippen LogP contribution in [-0.4, -0.2) is 0 Å². The summed E-state index contributed by atoms with van der Waals surface area (Å²) in [7, 11) is 0. The van der Waals surface area contributed by atoms with Crippen LogP contribution in [0.2, 0.25) is 0 Å². The molecule has 0 unspecified atom stereocenters. The number of aryl methyl sites for hydroxylation is 1. The summed E-state index contributed by atoms with van der Waals surface area (Å²) in [5.74, 6) is 0. The second-order valence-electron chi connectivity index (χ2n) is 3.53. The first kappa shape index (κ1) is 11.5. The molecule has 0 spiro atoms. The van der Waals surface area contributed by atoms with Crippen LogP contribution in [0.3, 0.4) is 0 Å². The van der Waals surface area contributed by atoms with Crippen LogP contribution in [0.15, 0.2) is 61.2 Å². The third-order valence-corrected chi connectivity index (χ3v) is 2.43. The van der Waals surface area contributed by atoms with E-state index in [1.165, 1.54) is 16.7 Å². The molecule has 0 nitrogen and oxygen atoms in total. The molecule has 0 fully saturated rings. The third kappa shape index (κ3) is 3.59. The zero-order chi connectivity index (χ0) is 11.1. The molecule has 0 aliphatic heterocycles. The number of hydrogen-bond donors (Lipinski definition) is 0. The first-order valence-electron chi connectivity index (χ1n) is 5.32. The Bertz CT molecular complexity index is 352. The highest BCUT2D eigenvalue weighted by Gasteiger charge is 1.95. The molecule has 0 aliphatic rings. The van der Waals surface area contributed by atoms with Crippen LogP contribution >= 0.6 is 0 Å². The lowest BCUT2D eigenvalue weighted by Gasteiger charge is -2.03. The molecule has 0 N–H and O–H groups in total. The molecule has 0 aliphatic carbocycles. The van der Waals surface area contributed by atoms with Gasteiger partial charge in [-0.25, -0.2) is 0 Å². The van der Waals surface area contributed by atoms with Gasteiger partial charge in [0.1, 0.15) is 0 Å². The van der Waals surface area contributed by atoms with Gasteiger partial charge in [-0.1, -0.05) is 62.6 Å². The molecule has 0 heteroatoms. The summed E-state index contributed by atoms with van der Waals surface area (Å²) in [6.45, 7) is 9.66. The Kier molecular flexibility index (Phi) is 4.62. The van der Waals surface area contributed by atoms with Crippen LogP contribution in [-0.2, 0) is 12.8 Å². The second kappa shape index (κ2) is 6.02. The highest BCUT2D eigenvalue weighted by atomic mass is 14.0. The van der Waals surface area contributed by atoms with Gasteiger partial charge in [0.15, 0.2) is 0 Å². The van der Waals surface area contributed by atoms with Crippen molar-refractivity contribution < 1.29 is 0 Å². The first-order chi connectivity index (χ1) is 7.30. The molecule has 0 heterocycles. The molecule has 0 saturated heterocycles. The van der Waals surface area contributed by atoms with Gasteiger partial charge in [-0.2, -0.15) is 0 Å². The van der Waals surface area contributed by atoms with E-state index in [0.717, 1.165) is 12.8 Å². The maximum absolute atomic E-state index is 3.79. The minimum absolute atomic E-state index is 0.930. The van der Waals surface area contributed by atoms with Crippen molar-refractivity contribution in [2.75, 3.05) is 0 Å². The molecule has 1 aromatic carbocycles. The van der Waals surface area contributed by atoms with Crippen LogP contribution in [0.4, 0.5) is 0 Å². The van der Waals surface area contributed by atoms with Gasteiger partial charge in [-0.3, -0.25) is 0 Å². The molecule has 0 bridgehead atoms. The SMILES string of the molecule is C=C/C=C(\C=C)Cc1ccc(CC)cc1. The molecule has 0 aromatic heterocycles. The fraction of sp³-hybridized carbons (Fsp3) is 0.200. The molecule has 0 radical (unpaired) electrons. The normalized spacial score (nSPS) is 11.1. The van der Waals surface area contributed by atoms with Crippen LogP contribution < -0.4 is 0 Å². The summed E-state index contributed by atoms with van der Waals surface area (Å²) in [5, 5.41) is 0. The molecule has 0 atom stereocenters. The van der Waals surface area contributed by atoms with Crippen molar-refractivity contribution in [3.63, 3.8) is 0 Å². The Balaban J connectivity index is 2.75. The third-order valence-electron chi connectivity index (χ3n) is 2.43. The number of hydrogen-bond acceptors (Lipinski definition) is 0. The maximum Gasteiger partial charge on any atom is -0.00260 e. The Morgan fingerprint density at radius 1 is 1.13 bits per heavy atom. The summed E-state index contributed by atoms with van der Waals surface area (Å²) in [6, 6.07) is 8.73. The molecule has 0 saturated carbocycles. The summed E-state index contributed by atoms with van der Waals surface area (Å²) < 4.78 is 0. The monoisotopic (exact) mass is 198 g/mol. The Labute approximate surface area is 92.6 Å². The minimum Gasteiger partial charge on any atom is -0.0991 e. The lowest BCUT2D eigenvalue weighted by atomic mass is 10.0. The van der Waals surface area contributed by atoms with E-state index in [-0.39, 0.29) is 0 Å². The fourth-order valence-electron chi connectivity index (χ4n) is 1.48. The summed E-state index contributed by atoms with van der Waals surface area (Å²) in [5.41, 5.74) is 3.90. The zero-order valence-electron chi connectivity index (χ0n) is 9.37. The summed E-state index contributed by atoms with van der Waals surface area (Å²) in [4.78, 5) is 0. The van der Waals surface area contributed by atoms with Crippen molar-refractivity contribution in [1.29, 1.82) is 0 Å². The van der Waals surface area contributed by atoms with Crippen molar-refractivity contribution in [1.82, 2.24) is 0 Å². The van der Waals surface area contributed by atoms with Crippen molar-refractivity contribution in [2.45, 2.75) is 19.8 Å². The smallest absolute Gasteiger partial charge is 0.00260 e. The summed E-state index contributed by atoms with van der Waals surface area (Å²) >= 11 is 0. The standard InChI is InChI=1S/C15H18/c1-4-7-14(6-3)12-15-10-8-13(5-2)9-11-15/h4,6-11H,1,3,5,12H2,2H3/b14-7+. The maximum atomic E-state index is 3.79. The fourth-order valence-corrected chi connectivity index (χ4v) is 1.48. The van der Waals surface area contributed by atoms with Gasteiger partial charge in [0.2, 0.25) is 0 Å². The van der Waals surface area contributed by atoms with Crippen LogP contribution in [0.5, 0.6) is 0 Å². The Hall–Kier alpha value is -1.56. The van der Waals surface area contributed by atoms with Gasteiger partial charge in [0.05, 0.1) is 0 Å². The first-order valence-corrected chi connectivity index (χ1v) is 5.32. The van der Waals surface area contributed by atoms with Crippen molar-refractivity contribution in [3.05, 3.63) is 72.4 Å². The minimum atomic E-state index is 0.930. The molecule has 0 amide bonds. The second-order valence-corrected chi connectivity index (χ2v) is 3.53. The van der Waals surface area contributed by atoms with E-state index in [9.17, 15) is 0 Å². The average Bonchev–Trinajstić information content (AvgIpc) is 2.29. The van der Waals surface area contributed by atoms with Gasteiger partial charge in [0, 0.05) is 0 Å². The summed E-state index contributed by atoms with van der Waals surface area (Å²) in [6.07, 6.45) is 7.71. The molecular weight excluding hydrogens is 180 g/mol. The van der Waals surface area contributed by atoms with E-state index in [2.05, 4.69) is 44.3 Å². The molecule has 1 rings (SSSR count). The molecule has 15 heavy (non-hydrogen) atoms. The molecular formula is C15H18. The van der Waals surface area contributed by atoms with Crippen LogP contribution in [0, 0.1) is 0 Å². The Morgan fingerprint density at radius 3 is 2.20 bits per heavy atom. The van der Waals surface area contributed by atoms with Gasteiger partial charge < -0.3 is 0 Å². The predicted octanol–water partition coefficient (Wildman–Crippen LogP) is 4.09. The largest absolute Gasteiger partial charge is 0.0991 e. The van der Waals surface area contributed by atoms with Crippen molar-refractivity contribution in [3.8, 4) is 0 Å². The van der Waals surface area contributed by atoms with Crippen molar-refractivity contribution in [2.24, 2.45) is 0 Å². The predicted molar refractivity (Wildman–Crippen MR) is 68.0 cm³/mol. The Morgan fingerprint density at radius 2 is 1.73 bits per heavy atom. The molecule has 1 aromatic rings. The number of rotatable bonds is 5. The topological polar surface area (TPSA) is 0 Å². The highest BCUT2D eigenvalue weighted by Crippen LogP contribution is 2.11. The zero-order valence-corrected chi connectivity index (χ0v) is 9.37. The molecule has 78 valence electrons. The average molecular weight is 198 g/mol. The van der Waals surface area contributed by atoms with E-state index in [4.69, 9.17) is 0 Å². The van der Waals surface area contributed by atoms with Crippen molar-refractivity contribution >= 4 is 0 Å². The van der Waals surface area contributed by atoms with E-state index < -0.39 is 0 Å². The lowest BCUT2D eigenvalue weighted by Crippen LogP contribution is -1.88. The van der Waals surface area contributed by atoms with E-state index in [1.807, 2.05) is 12.2 Å².